The van der Waals surface area contributed by atoms with Crippen molar-refractivity contribution in [3.8, 4) is 17.0 Å². The number of alkyl halides is 2. The second-order valence-electron chi connectivity index (χ2n) is 3.22. The molecule has 0 atom stereocenters. The summed E-state index contributed by atoms with van der Waals surface area (Å²) in [6, 6.07) is 4.39. The van der Waals surface area contributed by atoms with Gasteiger partial charge in [-0.1, -0.05) is 11.6 Å². The van der Waals surface area contributed by atoms with Crippen molar-refractivity contribution in [2.24, 2.45) is 0 Å². The fourth-order valence-corrected chi connectivity index (χ4v) is 1.60. The quantitative estimate of drug-likeness (QED) is 0.891. The molecule has 7 heteroatoms. The largest absolute Gasteiger partial charge is 0.433 e. The Balaban J connectivity index is 2.34. The van der Waals surface area contributed by atoms with Crippen LogP contribution in [0.25, 0.3) is 11.3 Å². The molecule has 90 valence electrons. The van der Waals surface area contributed by atoms with Gasteiger partial charge in [0.1, 0.15) is 5.75 Å². The number of ether oxygens (including phenoxy) is 1. The molecule has 2 aromatic rings. The average molecular weight is 260 g/mol. The maximum absolute atomic E-state index is 12.0. The van der Waals surface area contributed by atoms with Crippen molar-refractivity contribution in [2.75, 3.05) is 5.73 Å². The first-order valence-corrected chi connectivity index (χ1v) is 4.99. The number of nitrogens with one attached hydrogen (secondary N) is 1. The van der Waals surface area contributed by atoms with Gasteiger partial charge in [0.2, 0.25) is 0 Å². The van der Waals surface area contributed by atoms with Crippen LogP contribution < -0.4 is 10.5 Å². The Labute approximate surface area is 100 Å². The summed E-state index contributed by atoms with van der Waals surface area (Å²) in [4.78, 5) is 0. The molecule has 0 aliphatic carbocycles. The van der Waals surface area contributed by atoms with Gasteiger partial charge in [0.15, 0.2) is 0 Å². The summed E-state index contributed by atoms with van der Waals surface area (Å²) in [5.74, 6) is -0.0801. The van der Waals surface area contributed by atoms with Crippen molar-refractivity contribution < 1.29 is 13.5 Å². The molecule has 0 aliphatic rings. The predicted octanol–water partition coefficient (Wildman–Crippen LogP) is 2.91. The van der Waals surface area contributed by atoms with E-state index in [1.54, 1.807) is 6.07 Å². The van der Waals surface area contributed by atoms with Crippen molar-refractivity contribution in [2.45, 2.75) is 6.61 Å². The van der Waals surface area contributed by atoms with Crippen molar-refractivity contribution in [3.05, 3.63) is 29.4 Å². The molecule has 2 rings (SSSR count). The fraction of sp³-hybridized carbons (Fsp3) is 0.100. The summed E-state index contributed by atoms with van der Waals surface area (Å²) < 4.78 is 28.3. The van der Waals surface area contributed by atoms with Crippen molar-refractivity contribution >= 4 is 17.3 Å². The van der Waals surface area contributed by atoms with Crippen molar-refractivity contribution in [3.63, 3.8) is 0 Å². The number of anilines is 1. The first-order chi connectivity index (χ1) is 8.08. The molecular formula is C10H8ClF2N3O. The van der Waals surface area contributed by atoms with Crippen LogP contribution in [0.5, 0.6) is 5.75 Å². The summed E-state index contributed by atoms with van der Waals surface area (Å²) in [7, 11) is 0. The molecule has 0 amide bonds. The molecule has 3 N–H and O–H groups in total. The zero-order chi connectivity index (χ0) is 12.4. The van der Waals surface area contributed by atoms with Gasteiger partial charge in [0.25, 0.3) is 0 Å². The summed E-state index contributed by atoms with van der Waals surface area (Å²) in [5, 5.41) is 6.52. The lowest BCUT2D eigenvalue weighted by atomic mass is 10.1. The minimum absolute atomic E-state index is 0.0801. The monoisotopic (exact) mass is 259 g/mol. The maximum Gasteiger partial charge on any atom is 0.387 e. The van der Waals surface area contributed by atoms with Gasteiger partial charge >= 0.3 is 6.61 Å². The third kappa shape index (κ3) is 2.47. The Hall–Kier alpha value is -1.82. The molecular weight excluding hydrogens is 252 g/mol. The van der Waals surface area contributed by atoms with E-state index in [2.05, 4.69) is 14.9 Å². The third-order valence-electron chi connectivity index (χ3n) is 2.11. The Morgan fingerprint density at radius 3 is 2.71 bits per heavy atom. The van der Waals surface area contributed by atoms with E-state index in [4.69, 9.17) is 17.3 Å². The van der Waals surface area contributed by atoms with E-state index in [9.17, 15) is 8.78 Å². The van der Waals surface area contributed by atoms with Gasteiger partial charge < -0.3 is 10.5 Å². The van der Waals surface area contributed by atoms with Crippen molar-refractivity contribution in [1.29, 1.82) is 0 Å². The lowest BCUT2D eigenvalue weighted by Gasteiger charge is -2.07. The highest BCUT2D eigenvalue weighted by Gasteiger charge is 2.11. The molecule has 1 aromatic heterocycles. The molecule has 1 heterocycles. The van der Waals surface area contributed by atoms with E-state index < -0.39 is 6.61 Å². The molecule has 1 aromatic carbocycles. The highest BCUT2D eigenvalue weighted by molar-refractivity contribution is 6.32. The normalized spacial score (nSPS) is 10.8. The number of nitrogens with two attached hydrogens (primary N) is 1. The molecule has 0 fully saturated rings. The van der Waals surface area contributed by atoms with Crippen LogP contribution >= 0.6 is 11.6 Å². The first-order valence-electron chi connectivity index (χ1n) is 4.61. The predicted molar refractivity (Wildman–Crippen MR) is 60.1 cm³/mol. The van der Waals surface area contributed by atoms with E-state index in [-0.39, 0.29) is 10.8 Å². The van der Waals surface area contributed by atoms with Crippen LogP contribution in [0, 0.1) is 0 Å². The van der Waals surface area contributed by atoms with E-state index >= 15 is 0 Å². The average Bonchev–Trinajstić information content (AvgIpc) is 2.67. The number of nitrogen functional groups attached to an aromatic ring is 1. The van der Waals surface area contributed by atoms with Gasteiger partial charge in [-0.2, -0.15) is 13.9 Å². The number of rotatable bonds is 3. The number of hydrogen-bond donors (Lipinski definition) is 2. The molecule has 0 spiro atoms. The molecule has 0 radical (unpaired) electrons. The summed E-state index contributed by atoms with van der Waals surface area (Å²) in [6.45, 7) is -2.91. The maximum atomic E-state index is 12.0. The molecule has 0 unspecified atom stereocenters. The van der Waals surface area contributed by atoms with Gasteiger partial charge in [-0.15, -0.1) is 0 Å². The van der Waals surface area contributed by atoms with E-state index in [0.717, 1.165) is 0 Å². The van der Waals surface area contributed by atoms with E-state index in [1.165, 1.54) is 18.3 Å². The second-order valence-corrected chi connectivity index (χ2v) is 3.63. The minimum Gasteiger partial charge on any atom is -0.433 e. The van der Waals surface area contributed by atoms with Gasteiger partial charge in [0, 0.05) is 5.56 Å². The number of nitrogens with zero attached hydrogens (tertiary/aromatic N) is 1. The van der Waals surface area contributed by atoms with Gasteiger partial charge in [-0.25, -0.2) is 0 Å². The van der Waals surface area contributed by atoms with E-state index in [0.29, 0.717) is 16.9 Å². The second kappa shape index (κ2) is 4.58. The Morgan fingerprint density at radius 1 is 1.41 bits per heavy atom. The van der Waals surface area contributed by atoms with Crippen LogP contribution in [0.3, 0.4) is 0 Å². The fourth-order valence-electron chi connectivity index (χ4n) is 1.37. The first kappa shape index (κ1) is 11.7. The van der Waals surface area contributed by atoms with Crippen molar-refractivity contribution in [1.82, 2.24) is 10.2 Å². The van der Waals surface area contributed by atoms with Crippen LogP contribution in [-0.4, -0.2) is 16.8 Å². The molecule has 0 saturated heterocycles. The van der Waals surface area contributed by atoms with Gasteiger partial charge in [-0.05, 0) is 18.2 Å². The molecule has 0 aliphatic heterocycles. The summed E-state index contributed by atoms with van der Waals surface area (Å²) in [6.07, 6.45) is 1.45. The number of halogens is 3. The van der Waals surface area contributed by atoms with Crippen LogP contribution in [-0.2, 0) is 0 Å². The van der Waals surface area contributed by atoms with Crippen LogP contribution in [0.2, 0.25) is 5.02 Å². The topological polar surface area (TPSA) is 63.9 Å². The summed E-state index contributed by atoms with van der Waals surface area (Å²) in [5.41, 5.74) is 7.33. The minimum atomic E-state index is -2.91. The Morgan fingerprint density at radius 2 is 2.18 bits per heavy atom. The zero-order valence-electron chi connectivity index (χ0n) is 8.45. The Kier molecular flexibility index (Phi) is 3.14. The summed E-state index contributed by atoms with van der Waals surface area (Å²) >= 11 is 5.81. The lowest BCUT2D eigenvalue weighted by Crippen LogP contribution is -2.02. The number of aromatic amines is 1. The van der Waals surface area contributed by atoms with Crippen LogP contribution in [0.4, 0.5) is 14.5 Å². The number of hydrogen-bond acceptors (Lipinski definition) is 3. The third-order valence-corrected chi connectivity index (χ3v) is 2.40. The van der Waals surface area contributed by atoms with Gasteiger partial charge in [-0.3, -0.25) is 5.10 Å². The van der Waals surface area contributed by atoms with E-state index in [1.807, 2.05) is 0 Å². The zero-order valence-corrected chi connectivity index (χ0v) is 9.21. The Bertz CT molecular complexity index is 530. The van der Waals surface area contributed by atoms with Gasteiger partial charge in [0.05, 0.1) is 22.6 Å². The molecule has 0 bridgehead atoms. The highest BCUT2D eigenvalue weighted by Crippen LogP contribution is 2.32. The van der Waals surface area contributed by atoms with Crippen LogP contribution in [0.1, 0.15) is 0 Å². The molecule has 17 heavy (non-hydrogen) atoms. The molecule has 0 saturated carbocycles. The molecule has 4 nitrogen and oxygen atoms in total. The standard InChI is InChI=1S/C10H8ClF2N3O/c11-6-3-5(9-7(14)4-15-16-9)1-2-8(6)17-10(12)13/h1-4,10H,14H2,(H,15,16). The van der Waals surface area contributed by atoms with Crippen LogP contribution in [0.15, 0.2) is 24.4 Å². The highest BCUT2D eigenvalue weighted by atomic mass is 35.5. The smallest absolute Gasteiger partial charge is 0.387 e. The number of aromatic nitrogens is 2. The number of benzene rings is 1. The number of H-pyrrole nitrogens is 1. The lowest BCUT2D eigenvalue weighted by molar-refractivity contribution is -0.0497. The SMILES string of the molecule is Nc1cn[nH]c1-c1ccc(OC(F)F)c(Cl)c1.